The first-order chi connectivity index (χ1) is 8.88. The molecular weight excluding hydrogens is 319 g/mol. The molecule has 0 amide bonds. The molecule has 0 spiro atoms. The number of alkyl halides is 4. The van der Waals surface area contributed by atoms with Crippen LogP contribution in [0.5, 0.6) is 0 Å². The van der Waals surface area contributed by atoms with Crippen LogP contribution in [-0.4, -0.2) is 22.8 Å². The summed E-state index contributed by atoms with van der Waals surface area (Å²) in [5.74, 6) is 0.578. The maximum atomic E-state index is 12.9. The van der Waals surface area contributed by atoms with Gasteiger partial charge in [0.1, 0.15) is 0 Å². The van der Waals surface area contributed by atoms with Crippen molar-refractivity contribution in [1.29, 1.82) is 0 Å². The molecule has 19 heavy (non-hydrogen) atoms. The maximum absolute atomic E-state index is 12.9. The van der Waals surface area contributed by atoms with Crippen molar-refractivity contribution in [3.05, 3.63) is 35.4 Å². The molecule has 2 rings (SSSR count). The number of nitrogens with zero attached hydrogens (tertiary/aromatic N) is 1. The van der Waals surface area contributed by atoms with Gasteiger partial charge in [-0.05, 0) is 30.5 Å². The Balaban J connectivity index is 2.12. The molecule has 106 valence electrons. The fraction of sp³-hybridized carbons (Fsp3) is 0.571. The quantitative estimate of drug-likeness (QED) is 0.728. The molecule has 0 radical (unpaired) electrons. The van der Waals surface area contributed by atoms with Crippen LogP contribution in [0.25, 0.3) is 0 Å². The minimum Gasteiger partial charge on any atom is -0.298 e. The van der Waals surface area contributed by atoms with Crippen molar-refractivity contribution in [2.45, 2.75) is 30.9 Å². The van der Waals surface area contributed by atoms with E-state index >= 15 is 0 Å². The van der Waals surface area contributed by atoms with Crippen LogP contribution in [-0.2, 0) is 12.7 Å². The Bertz CT molecular complexity index is 433. The Kier molecular flexibility index (Phi) is 4.56. The van der Waals surface area contributed by atoms with Crippen LogP contribution in [0.2, 0.25) is 0 Å². The summed E-state index contributed by atoms with van der Waals surface area (Å²) < 4.78 is 38.7. The summed E-state index contributed by atoms with van der Waals surface area (Å²) in [6.07, 6.45) is -3.25. The van der Waals surface area contributed by atoms with Gasteiger partial charge in [-0.15, -0.1) is 0 Å². The topological polar surface area (TPSA) is 3.24 Å². The van der Waals surface area contributed by atoms with Crippen LogP contribution < -0.4 is 0 Å². The lowest BCUT2D eigenvalue weighted by atomic mass is 9.98. The van der Waals surface area contributed by atoms with Crippen molar-refractivity contribution >= 4 is 15.9 Å². The van der Waals surface area contributed by atoms with E-state index in [1.165, 1.54) is 6.07 Å². The summed E-state index contributed by atoms with van der Waals surface area (Å²) in [5.41, 5.74) is -0.149. The van der Waals surface area contributed by atoms with E-state index in [4.69, 9.17) is 0 Å². The van der Waals surface area contributed by atoms with Crippen LogP contribution in [0.4, 0.5) is 13.2 Å². The number of halogens is 4. The summed E-state index contributed by atoms with van der Waals surface area (Å²) >= 11 is 3.60. The van der Waals surface area contributed by atoms with E-state index in [0.717, 1.165) is 25.6 Å². The number of likely N-dealkylation sites (tertiary alicyclic amines) is 1. The zero-order valence-electron chi connectivity index (χ0n) is 10.8. The molecule has 5 heteroatoms. The molecule has 1 aromatic carbocycles. The van der Waals surface area contributed by atoms with Crippen molar-refractivity contribution in [3.63, 3.8) is 0 Å². The molecule has 1 nitrogen and oxygen atoms in total. The second-order valence-corrected chi connectivity index (χ2v) is 6.35. The molecule has 0 aromatic heterocycles. The van der Waals surface area contributed by atoms with Gasteiger partial charge in [-0.1, -0.05) is 41.1 Å². The smallest absolute Gasteiger partial charge is 0.298 e. The number of hydrogen-bond donors (Lipinski definition) is 0. The van der Waals surface area contributed by atoms with Gasteiger partial charge in [-0.3, -0.25) is 4.90 Å². The van der Waals surface area contributed by atoms with Gasteiger partial charge in [0.2, 0.25) is 0 Å². The Morgan fingerprint density at radius 3 is 2.63 bits per heavy atom. The normalized spacial score (nSPS) is 25.5. The summed E-state index contributed by atoms with van der Waals surface area (Å²) in [7, 11) is 0. The highest BCUT2D eigenvalue weighted by Crippen LogP contribution is 2.33. The predicted octanol–water partition coefficient (Wildman–Crippen LogP) is 4.31. The summed E-state index contributed by atoms with van der Waals surface area (Å²) in [5, 5.41) is 0. The summed E-state index contributed by atoms with van der Waals surface area (Å²) in [6.45, 7) is 4.19. The fourth-order valence-corrected chi connectivity index (χ4v) is 3.08. The predicted molar refractivity (Wildman–Crippen MR) is 73.2 cm³/mol. The number of benzene rings is 1. The van der Waals surface area contributed by atoms with E-state index < -0.39 is 11.7 Å². The highest BCUT2D eigenvalue weighted by atomic mass is 79.9. The third-order valence-electron chi connectivity index (χ3n) is 3.67. The minimum atomic E-state index is -4.27. The van der Waals surface area contributed by atoms with E-state index in [0.29, 0.717) is 22.9 Å². The molecule has 2 unspecified atom stereocenters. The minimum absolute atomic E-state index is 0.360. The van der Waals surface area contributed by atoms with Crippen molar-refractivity contribution < 1.29 is 13.2 Å². The Morgan fingerprint density at radius 1 is 1.32 bits per heavy atom. The standard InChI is InChI=1S/C14H17BrF3N/c1-10-6-7-19(9-13(10)15)8-11-4-2-3-5-12(11)14(16,17)18/h2-5,10,13H,6-9H2,1H3. The van der Waals surface area contributed by atoms with Crippen LogP contribution in [0.3, 0.4) is 0 Å². The number of rotatable bonds is 2. The molecule has 0 N–H and O–H groups in total. The third kappa shape index (κ3) is 3.72. The van der Waals surface area contributed by atoms with Gasteiger partial charge < -0.3 is 0 Å². The Morgan fingerprint density at radius 2 is 2.00 bits per heavy atom. The first-order valence-corrected chi connectivity index (χ1v) is 7.31. The van der Waals surface area contributed by atoms with Crippen LogP contribution in [0.15, 0.2) is 24.3 Å². The molecule has 1 aromatic rings. The van der Waals surface area contributed by atoms with E-state index in [2.05, 4.69) is 27.8 Å². The van der Waals surface area contributed by atoms with Gasteiger partial charge in [0, 0.05) is 17.9 Å². The average molecular weight is 336 g/mol. The van der Waals surface area contributed by atoms with Gasteiger partial charge in [-0.25, -0.2) is 0 Å². The van der Waals surface area contributed by atoms with E-state index in [1.807, 2.05) is 0 Å². The summed E-state index contributed by atoms with van der Waals surface area (Å²) in [4.78, 5) is 2.45. The van der Waals surface area contributed by atoms with Crippen LogP contribution >= 0.6 is 15.9 Å². The molecule has 2 atom stereocenters. The Hall–Kier alpha value is -0.550. The zero-order chi connectivity index (χ0) is 14.0. The largest absolute Gasteiger partial charge is 0.416 e. The number of hydrogen-bond acceptors (Lipinski definition) is 1. The molecule has 1 aliphatic rings. The molecule has 1 aliphatic heterocycles. The molecule has 1 heterocycles. The Labute approximate surface area is 119 Å². The molecule has 0 saturated carbocycles. The van der Waals surface area contributed by atoms with Crippen LogP contribution in [0.1, 0.15) is 24.5 Å². The van der Waals surface area contributed by atoms with Crippen LogP contribution in [0, 0.1) is 5.92 Å². The fourth-order valence-electron chi connectivity index (χ4n) is 2.40. The van der Waals surface area contributed by atoms with Gasteiger partial charge in [0.25, 0.3) is 0 Å². The maximum Gasteiger partial charge on any atom is 0.416 e. The third-order valence-corrected chi connectivity index (χ3v) is 4.86. The lowest BCUT2D eigenvalue weighted by Gasteiger charge is -2.34. The van der Waals surface area contributed by atoms with E-state index in [9.17, 15) is 13.2 Å². The van der Waals surface area contributed by atoms with Gasteiger partial charge >= 0.3 is 6.18 Å². The highest BCUT2D eigenvalue weighted by molar-refractivity contribution is 9.09. The van der Waals surface area contributed by atoms with Gasteiger partial charge in [-0.2, -0.15) is 13.2 Å². The lowest BCUT2D eigenvalue weighted by molar-refractivity contribution is -0.138. The molecular formula is C14H17BrF3N. The molecule has 0 aliphatic carbocycles. The molecule has 1 fully saturated rings. The molecule has 0 bridgehead atoms. The van der Waals surface area contributed by atoms with Crippen molar-refractivity contribution in [2.75, 3.05) is 13.1 Å². The van der Waals surface area contributed by atoms with E-state index in [-0.39, 0.29) is 0 Å². The SMILES string of the molecule is CC1CCN(Cc2ccccc2C(F)(F)F)CC1Br. The second kappa shape index (κ2) is 5.83. The van der Waals surface area contributed by atoms with E-state index in [1.54, 1.807) is 12.1 Å². The van der Waals surface area contributed by atoms with Crippen molar-refractivity contribution in [3.8, 4) is 0 Å². The zero-order valence-corrected chi connectivity index (χ0v) is 12.3. The second-order valence-electron chi connectivity index (χ2n) is 5.17. The lowest BCUT2D eigenvalue weighted by Crippen LogP contribution is -2.39. The van der Waals surface area contributed by atoms with Gasteiger partial charge in [0.05, 0.1) is 5.56 Å². The first kappa shape index (κ1) is 14.9. The average Bonchev–Trinajstić information content (AvgIpc) is 2.33. The van der Waals surface area contributed by atoms with Crippen molar-refractivity contribution in [2.24, 2.45) is 5.92 Å². The summed E-state index contributed by atoms with van der Waals surface area (Å²) in [6, 6.07) is 5.85. The monoisotopic (exact) mass is 335 g/mol. The van der Waals surface area contributed by atoms with Crippen molar-refractivity contribution in [1.82, 2.24) is 4.90 Å². The first-order valence-electron chi connectivity index (χ1n) is 6.39. The highest BCUT2D eigenvalue weighted by Gasteiger charge is 2.33. The molecule has 1 saturated heterocycles. The number of piperidine rings is 1. The van der Waals surface area contributed by atoms with Gasteiger partial charge in [0.15, 0.2) is 0 Å².